The Morgan fingerprint density at radius 1 is 1.26 bits per heavy atom. The minimum Gasteiger partial charge on any atom is -0.488 e. The van der Waals surface area contributed by atoms with Crippen molar-refractivity contribution in [1.82, 2.24) is 4.90 Å². The van der Waals surface area contributed by atoms with Crippen LogP contribution >= 0.6 is 0 Å². The van der Waals surface area contributed by atoms with Crippen molar-refractivity contribution in [2.24, 2.45) is 5.92 Å². The molecule has 23 heavy (non-hydrogen) atoms. The van der Waals surface area contributed by atoms with Crippen molar-refractivity contribution in [1.29, 1.82) is 0 Å². The van der Waals surface area contributed by atoms with Gasteiger partial charge in [-0.3, -0.25) is 4.90 Å². The van der Waals surface area contributed by atoms with Gasteiger partial charge in [0.15, 0.2) is 5.75 Å². The molecule has 1 aliphatic rings. The minimum absolute atomic E-state index is 0.738. The van der Waals surface area contributed by atoms with Crippen molar-refractivity contribution in [2.45, 2.75) is 46.0 Å². The normalized spacial score (nSPS) is 17.0. The van der Waals surface area contributed by atoms with E-state index in [1.807, 2.05) is 0 Å². The Balaban J connectivity index is 1.44. The molecule has 3 nitrogen and oxygen atoms in total. The first-order valence-corrected chi connectivity index (χ1v) is 9.10. The number of unbranched alkanes of at least 4 members (excludes halogenated alkanes) is 1. The highest BCUT2D eigenvalue weighted by Crippen LogP contribution is 2.30. The van der Waals surface area contributed by atoms with Crippen LogP contribution in [0.25, 0.3) is 11.0 Å². The highest BCUT2D eigenvalue weighted by Gasteiger charge is 2.18. The third kappa shape index (κ3) is 4.08. The molecule has 0 saturated carbocycles. The molecular weight excluding hydrogens is 286 g/mol. The van der Waals surface area contributed by atoms with Crippen molar-refractivity contribution >= 4 is 11.0 Å². The van der Waals surface area contributed by atoms with Crippen LogP contribution < -0.4 is 4.74 Å². The van der Waals surface area contributed by atoms with Gasteiger partial charge in [-0.15, -0.1) is 0 Å². The zero-order valence-corrected chi connectivity index (χ0v) is 14.5. The van der Waals surface area contributed by atoms with E-state index < -0.39 is 0 Å². The number of fused-ring (bicyclic) bond motifs is 1. The summed E-state index contributed by atoms with van der Waals surface area (Å²) in [7, 11) is 0. The number of likely N-dealkylation sites (tertiary alicyclic amines) is 1. The molecule has 1 saturated heterocycles. The summed E-state index contributed by atoms with van der Waals surface area (Å²) in [5.41, 5.74) is 2.10. The molecule has 1 aromatic carbocycles. The second-order valence-corrected chi connectivity index (χ2v) is 6.83. The fraction of sp³-hybridized carbons (Fsp3) is 0.600. The highest BCUT2D eigenvalue weighted by atomic mass is 16.5. The molecule has 0 radical (unpaired) electrons. The predicted octanol–water partition coefficient (Wildman–Crippen LogP) is 5.02. The van der Waals surface area contributed by atoms with E-state index in [0.717, 1.165) is 41.4 Å². The van der Waals surface area contributed by atoms with Crippen LogP contribution in [0.1, 0.15) is 44.6 Å². The molecule has 2 aromatic rings. The number of benzene rings is 1. The van der Waals surface area contributed by atoms with Crippen molar-refractivity contribution in [3.05, 3.63) is 30.0 Å². The topological polar surface area (TPSA) is 25.6 Å². The number of piperidine rings is 1. The summed E-state index contributed by atoms with van der Waals surface area (Å²) >= 11 is 0. The lowest BCUT2D eigenvalue weighted by atomic mass is 9.92. The van der Waals surface area contributed by atoms with Crippen molar-refractivity contribution in [2.75, 3.05) is 26.2 Å². The maximum Gasteiger partial charge on any atom is 0.165 e. The van der Waals surface area contributed by atoms with E-state index in [0.29, 0.717) is 0 Å². The molecule has 3 rings (SSSR count). The Bertz CT molecular complexity index is 611. The average Bonchev–Trinajstić information content (AvgIpc) is 2.99. The van der Waals surface area contributed by atoms with Gasteiger partial charge in [-0.05, 0) is 50.4 Å². The van der Waals surface area contributed by atoms with Gasteiger partial charge in [-0.1, -0.05) is 38.3 Å². The molecule has 0 bridgehead atoms. The van der Waals surface area contributed by atoms with E-state index in [1.165, 1.54) is 45.2 Å². The summed E-state index contributed by atoms with van der Waals surface area (Å²) in [6, 6.07) is 6.19. The molecule has 0 amide bonds. The van der Waals surface area contributed by atoms with Crippen LogP contribution in [0, 0.1) is 12.8 Å². The summed E-state index contributed by atoms with van der Waals surface area (Å²) in [5, 5.41) is 1.09. The zero-order valence-electron chi connectivity index (χ0n) is 14.5. The SMILES string of the molecule is CCCCC1CCN(CCOc2coc3c(C)cccc23)CC1. The molecule has 0 N–H and O–H groups in total. The van der Waals surface area contributed by atoms with Gasteiger partial charge >= 0.3 is 0 Å². The molecule has 126 valence electrons. The maximum atomic E-state index is 5.97. The molecular formula is C20H29NO2. The van der Waals surface area contributed by atoms with Crippen molar-refractivity contribution < 1.29 is 9.15 Å². The van der Waals surface area contributed by atoms with Gasteiger partial charge < -0.3 is 9.15 Å². The number of ether oxygens (including phenoxy) is 1. The van der Waals surface area contributed by atoms with Gasteiger partial charge in [-0.2, -0.15) is 0 Å². The first kappa shape index (κ1) is 16.4. The predicted molar refractivity (Wildman–Crippen MR) is 95.1 cm³/mol. The Morgan fingerprint density at radius 2 is 2.09 bits per heavy atom. The number of hydrogen-bond acceptors (Lipinski definition) is 3. The highest BCUT2D eigenvalue weighted by molar-refractivity contribution is 5.86. The molecule has 1 aromatic heterocycles. The van der Waals surface area contributed by atoms with Crippen LogP contribution in [0.5, 0.6) is 5.75 Å². The lowest BCUT2D eigenvalue weighted by molar-refractivity contribution is 0.150. The van der Waals surface area contributed by atoms with Crippen LogP contribution in [0.3, 0.4) is 0 Å². The number of aryl methyl sites for hydroxylation is 1. The van der Waals surface area contributed by atoms with Gasteiger partial charge in [0.05, 0.1) is 5.39 Å². The summed E-state index contributed by atoms with van der Waals surface area (Å²) in [4.78, 5) is 2.54. The third-order valence-electron chi connectivity index (χ3n) is 5.10. The summed E-state index contributed by atoms with van der Waals surface area (Å²) in [6.07, 6.45) is 8.59. The van der Waals surface area contributed by atoms with E-state index >= 15 is 0 Å². The zero-order chi connectivity index (χ0) is 16.1. The monoisotopic (exact) mass is 315 g/mol. The Morgan fingerprint density at radius 3 is 2.87 bits per heavy atom. The number of rotatable bonds is 7. The van der Waals surface area contributed by atoms with E-state index in [4.69, 9.17) is 9.15 Å². The molecule has 2 heterocycles. The quantitative estimate of drug-likeness (QED) is 0.717. The van der Waals surface area contributed by atoms with Crippen molar-refractivity contribution in [3.8, 4) is 5.75 Å². The van der Waals surface area contributed by atoms with Gasteiger partial charge in [-0.25, -0.2) is 0 Å². The molecule has 0 unspecified atom stereocenters. The number of hydrogen-bond donors (Lipinski definition) is 0. The fourth-order valence-electron chi connectivity index (χ4n) is 3.57. The van der Waals surface area contributed by atoms with E-state index in [1.54, 1.807) is 6.26 Å². The van der Waals surface area contributed by atoms with Crippen LogP contribution in [0.4, 0.5) is 0 Å². The van der Waals surface area contributed by atoms with Crippen LogP contribution in [0.2, 0.25) is 0 Å². The van der Waals surface area contributed by atoms with Gasteiger partial charge in [0.1, 0.15) is 18.5 Å². The van der Waals surface area contributed by atoms with Crippen molar-refractivity contribution in [3.63, 3.8) is 0 Å². The second-order valence-electron chi connectivity index (χ2n) is 6.83. The standard InChI is InChI=1S/C20H29NO2/c1-3-4-7-17-9-11-21(12-10-17)13-14-22-19-15-23-20-16(2)6-5-8-18(19)20/h5-6,8,15,17H,3-4,7,9-14H2,1-2H3. The third-order valence-corrected chi connectivity index (χ3v) is 5.10. The van der Waals surface area contributed by atoms with Crippen LogP contribution in [-0.2, 0) is 0 Å². The van der Waals surface area contributed by atoms with Gasteiger partial charge in [0.2, 0.25) is 0 Å². The summed E-state index contributed by atoms with van der Waals surface area (Å²) < 4.78 is 11.6. The van der Waals surface area contributed by atoms with Crippen LogP contribution in [0.15, 0.2) is 28.9 Å². The minimum atomic E-state index is 0.738. The smallest absolute Gasteiger partial charge is 0.165 e. The molecule has 1 aliphatic heterocycles. The van der Waals surface area contributed by atoms with Gasteiger partial charge in [0, 0.05) is 6.54 Å². The largest absolute Gasteiger partial charge is 0.488 e. The van der Waals surface area contributed by atoms with E-state index in [-0.39, 0.29) is 0 Å². The van der Waals surface area contributed by atoms with E-state index in [2.05, 4.69) is 36.9 Å². The number of para-hydroxylation sites is 1. The number of nitrogens with zero attached hydrogens (tertiary/aromatic N) is 1. The van der Waals surface area contributed by atoms with E-state index in [9.17, 15) is 0 Å². The first-order valence-electron chi connectivity index (χ1n) is 9.10. The molecule has 0 spiro atoms. The number of furan rings is 1. The Hall–Kier alpha value is -1.48. The second kappa shape index (κ2) is 7.87. The van der Waals surface area contributed by atoms with Gasteiger partial charge in [0.25, 0.3) is 0 Å². The Labute approximate surface area is 139 Å². The Kier molecular flexibility index (Phi) is 5.60. The maximum absolute atomic E-state index is 5.97. The first-order chi connectivity index (χ1) is 11.3. The molecule has 0 aliphatic carbocycles. The summed E-state index contributed by atoms with van der Waals surface area (Å²) in [6.45, 7) is 8.55. The molecule has 3 heteroatoms. The lowest BCUT2D eigenvalue weighted by Crippen LogP contribution is -2.36. The molecule has 1 fully saturated rings. The lowest BCUT2D eigenvalue weighted by Gasteiger charge is -2.31. The average molecular weight is 315 g/mol. The van der Waals surface area contributed by atoms with Crippen LogP contribution in [-0.4, -0.2) is 31.1 Å². The fourth-order valence-corrected chi connectivity index (χ4v) is 3.57. The molecule has 0 atom stereocenters. The summed E-state index contributed by atoms with van der Waals surface area (Å²) in [5.74, 6) is 1.83.